The van der Waals surface area contributed by atoms with Crippen LogP contribution in [0, 0.1) is 5.92 Å². The molecular formula is C19H23NO3. The van der Waals surface area contributed by atoms with Gasteiger partial charge in [-0.15, -0.1) is 0 Å². The molecule has 0 saturated heterocycles. The highest BCUT2D eigenvalue weighted by Gasteiger charge is 2.10. The molecule has 0 bridgehead atoms. The molecule has 0 spiro atoms. The van der Waals surface area contributed by atoms with Crippen molar-refractivity contribution in [2.75, 3.05) is 19.5 Å². The van der Waals surface area contributed by atoms with Crippen LogP contribution in [-0.2, 0) is 11.2 Å². The summed E-state index contributed by atoms with van der Waals surface area (Å²) in [6.45, 7) is 2.08. The van der Waals surface area contributed by atoms with Gasteiger partial charge >= 0.3 is 0 Å². The van der Waals surface area contributed by atoms with Crippen LogP contribution >= 0.6 is 0 Å². The van der Waals surface area contributed by atoms with Crippen LogP contribution in [0.5, 0.6) is 11.5 Å². The van der Waals surface area contributed by atoms with E-state index in [1.807, 2.05) is 48.5 Å². The summed E-state index contributed by atoms with van der Waals surface area (Å²) in [4.78, 5) is 12.1. The Labute approximate surface area is 137 Å². The molecule has 0 aromatic heterocycles. The highest BCUT2D eigenvalue weighted by Crippen LogP contribution is 2.18. The van der Waals surface area contributed by atoms with Gasteiger partial charge < -0.3 is 14.8 Å². The average Bonchev–Trinajstić information content (AvgIpc) is 2.56. The Morgan fingerprint density at radius 3 is 2.00 bits per heavy atom. The third-order valence-electron chi connectivity index (χ3n) is 3.65. The second kappa shape index (κ2) is 8.22. The molecule has 4 nitrogen and oxygen atoms in total. The molecule has 1 atom stereocenters. The molecule has 0 aliphatic rings. The van der Waals surface area contributed by atoms with Gasteiger partial charge in [0.1, 0.15) is 11.5 Å². The van der Waals surface area contributed by atoms with Gasteiger partial charge in [0, 0.05) is 12.1 Å². The van der Waals surface area contributed by atoms with E-state index in [2.05, 4.69) is 12.2 Å². The largest absolute Gasteiger partial charge is 0.497 e. The molecule has 2 aromatic carbocycles. The van der Waals surface area contributed by atoms with E-state index in [1.165, 1.54) is 5.56 Å². The normalized spacial score (nSPS) is 11.6. The molecule has 1 amide bonds. The van der Waals surface area contributed by atoms with Crippen molar-refractivity contribution < 1.29 is 14.3 Å². The van der Waals surface area contributed by atoms with Crippen molar-refractivity contribution in [2.45, 2.75) is 19.8 Å². The SMILES string of the molecule is COc1ccc(C[C@@H](C)CC(=O)Nc2ccc(OC)cc2)cc1. The van der Waals surface area contributed by atoms with Gasteiger partial charge in [-0.05, 0) is 54.3 Å². The topological polar surface area (TPSA) is 47.6 Å². The van der Waals surface area contributed by atoms with Crippen LogP contribution < -0.4 is 14.8 Å². The Kier molecular flexibility index (Phi) is 6.03. The first-order valence-corrected chi connectivity index (χ1v) is 7.67. The van der Waals surface area contributed by atoms with Crippen molar-refractivity contribution in [3.8, 4) is 11.5 Å². The summed E-state index contributed by atoms with van der Waals surface area (Å²) in [6, 6.07) is 15.3. The number of carbonyl (C=O) groups is 1. The summed E-state index contributed by atoms with van der Waals surface area (Å²) in [5.41, 5.74) is 1.99. The van der Waals surface area contributed by atoms with Crippen LogP contribution in [0.3, 0.4) is 0 Å². The number of carbonyl (C=O) groups excluding carboxylic acids is 1. The van der Waals surface area contributed by atoms with Crippen molar-refractivity contribution in [2.24, 2.45) is 5.92 Å². The molecule has 23 heavy (non-hydrogen) atoms. The number of benzene rings is 2. The summed E-state index contributed by atoms with van der Waals surface area (Å²) in [5, 5.41) is 2.91. The number of anilines is 1. The molecule has 122 valence electrons. The second-order valence-corrected chi connectivity index (χ2v) is 5.64. The third-order valence-corrected chi connectivity index (χ3v) is 3.65. The van der Waals surface area contributed by atoms with Gasteiger partial charge in [-0.3, -0.25) is 4.79 Å². The molecule has 0 heterocycles. The number of hydrogen-bond donors (Lipinski definition) is 1. The summed E-state index contributed by atoms with van der Waals surface area (Å²) in [6.07, 6.45) is 1.35. The second-order valence-electron chi connectivity index (χ2n) is 5.64. The molecule has 0 aliphatic heterocycles. The molecule has 0 aliphatic carbocycles. The van der Waals surface area contributed by atoms with Crippen LogP contribution in [0.4, 0.5) is 5.69 Å². The number of nitrogens with one attached hydrogen (secondary N) is 1. The Bertz CT molecular complexity index is 620. The van der Waals surface area contributed by atoms with Crippen LogP contribution in [0.2, 0.25) is 0 Å². The van der Waals surface area contributed by atoms with Gasteiger partial charge in [-0.25, -0.2) is 0 Å². The van der Waals surface area contributed by atoms with Crippen LogP contribution in [0.25, 0.3) is 0 Å². The van der Waals surface area contributed by atoms with Gasteiger partial charge in [0.2, 0.25) is 5.91 Å². The number of ether oxygens (including phenoxy) is 2. The molecule has 0 saturated carbocycles. The number of rotatable bonds is 7. The van der Waals surface area contributed by atoms with E-state index in [1.54, 1.807) is 14.2 Å². The Hall–Kier alpha value is -2.49. The lowest BCUT2D eigenvalue weighted by molar-refractivity contribution is -0.116. The maximum atomic E-state index is 12.1. The molecule has 0 fully saturated rings. The highest BCUT2D eigenvalue weighted by molar-refractivity contribution is 5.90. The van der Waals surface area contributed by atoms with Crippen molar-refractivity contribution in [1.82, 2.24) is 0 Å². The maximum absolute atomic E-state index is 12.1. The summed E-state index contributed by atoms with van der Waals surface area (Å²) in [5.74, 6) is 1.91. The van der Waals surface area contributed by atoms with E-state index in [-0.39, 0.29) is 11.8 Å². The predicted molar refractivity (Wildman–Crippen MR) is 92.1 cm³/mol. The van der Waals surface area contributed by atoms with Gasteiger partial charge in [0.05, 0.1) is 14.2 Å². The van der Waals surface area contributed by atoms with Gasteiger partial charge in [0.15, 0.2) is 0 Å². The molecular weight excluding hydrogens is 290 g/mol. The fraction of sp³-hybridized carbons (Fsp3) is 0.316. The van der Waals surface area contributed by atoms with Crippen molar-refractivity contribution in [3.05, 3.63) is 54.1 Å². The first-order chi connectivity index (χ1) is 11.1. The number of hydrogen-bond acceptors (Lipinski definition) is 3. The van der Waals surface area contributed by atoms with E-state index in [0.29, 0.717) is 6.42 Å². The monoisotopic (exact) mass is 313 g/mol. The molecule has 4 heteroatoms. The lowest BCUT2D eigenvalue weighted by atomic mass is 9.97. The summed E-state index contributed by atoms with van der Waals surface area (Å²) < 4.78 is 10.2. The predicted octanol–water partition coefficient (Wildman–Crippen LogP) is 3.91. The number of methoxy groups -OCH3 is 2. The minimum Gasteiger partial charge on any atom is -0.497 e. The zero-order valence-electron chi connectivity index (χ0n) is 13.8. The molecule has 0 unspecified atom stereocenters. The van der Waals surface area contributed by atoms with Crippen molar-refractivity contribution >= 4 is 11.6 Å². The van der Waals surface area contributed by atoms with Crippen LogP contribution in [0.15, 0.2) is 48.5 Å². The zero-order chi connectivity index (χ0) is 16.7. The molecule has 1 N–H and O–H groups in total. The summed E-state index contributed by atoms with van der Waals surface area (Å²) >= 11 is 0. The van der Waals surface area contributed by atoms with Gasteiger partial charge in [-0.1, -0.05) is 19.1 Å². The van der Waals surface area contributed by atoms with Crippen molar-refractivity contribution in [3.63, 3.8) is 0 Å². The molecule has 2 aromatic rings. The maximum Gasteiger partial charge on any atom is 0.224 e. The molecule has 2 rings (SSSR count). The standard InChI is InChI=1S/C19H23NO3/c1-14(12-15-4-8-17(22-2)9-5-15)13-19(21)20-16-6-10-18(23-3)11-7-16/h4-11,14H,12-13H2,1-3H3,(H,20,21)/t14-/m1/s1. The minimum absolute atomic E-state index is 0.0242. The highest BCUT2D eigenvalue weighted by atomic mass is 16.5. The van der Waals surface area contributed by atoms with Crippen LogP contribution in [-0.4, -0.2) is 20.1 Å². The minimum atomic E-state index is 0.0242. The first-order valence-electron chi connectivity index (χ1n) is 7.67. The molecule has 0 radical (unpaired) electrons. The van der Waals surface area contributed by atoms with Gasteiger partial charge in [-0.2, -0.15) is 0 Å². The Balaban J connectivity index is 1.83. The van der Waals surface area contributed by atoms with Crippen molar-refractivity contribution in [1.29, 1.82) is 0 Å². The zero-order valence-corrected chi connectivity index (χ0v) is 13.8. The van der Waals surface area contributed by atoms with E-state index in [9.17, 15) is 4.79 Å². The fourth-order valence-corrected chi connectivity index (χ4v) is 2.44. The Morgan fingerprint density at radius 1 is 0.957 bits per heavy atom. The summed E-state index contributed by atoms with van der Waals surface area (Å²) in [7, 11) is 3.27. The van der Waals surface area contributed by atoms with E-state index >= 15 is 0 Å². The fourth-order valence-electron chi connectivity index (χ4n) is 2.44. The Morgan fingerprint density at radius 2 is 1.48 bits per heavy atom. The van der Waals surface area contributed by atoms with E-state index < -0.39 is 0 Å². The average molecular weight is 313 g/mol. The van der Waals surface area contributed by atoms with E-state index in [0.717, 1.165) is 23.6 Å². The smallest absolute Gasteiger partial charge is 0.224 e. The lowest BCUT2D eigenvalue weighted by Crippen LogP contribution is -2.16. The quantitative estimate of drug-likeness (QED) is 0.843. The van der Waals surface area contributed by atoms with Crippen LogP contribution in [0.1, 0.15) is 18.9 Å². The third kappa shape index (κ3) is 5.33. The first kappa shape index (κ1) is 16.9. The van der Waals surface area contributed by atoms with E-state index in [4.69, 9.17) is 9.47 Å². The lowest BCUT2D eigenvalue weighted by Gasteiger charge is -2.12. The van der Waals surface area contributed by atoms with Gasteiger partial charge in [0.25, 0.3) is 0 Å². The number of amides is 1.